The van der Waals surface area contributed by atoms with Gasteiger partial charge in [0.05, 0.1) is 5.69 Å². The minimum Gasteiger partial charge on any atom is -0.384 e. The van der Waals surface area contributed by atoms with Crippen molar-refractivity contribution in [3.63, 3.8) is 0 Å². The maximum Gasteiger partial charge on any atom is 0.125 e. The van der Waals surface area contributed by atoms with E-state index in [1.807, 2.05) is 6.07 Å². The third-order valence-electron chi connectivity index (χ3n) is 4.44. The summed E-state index contributed by atoms with van der Waals surface area (Å²) in [5.74, 6) is 0.563. The molecule has 0 saturated carbocycles. The molecule has 120 valence electrons. The monoisotopic (exact) mass is 333 g/mol. The van der Waals surface area contributed by atoms with Crippen molar-refractivity contribution in [1.29, 1.82) is 0 Å². The number of para-hydroxylation sites is 1. The molecule has 0 fully saturated rings. The number of hydrogen-bond acceptors (Lipinski definition) is 3. The number of thioether (sulfide) groups is 1. The molecule has 0 spiro atoms. The zero-order valence-corrected chi connectivity index (χ0v) is 14.6. The number of anilines is 1. The Labute approximate surface area is 145 Å². The van der Waals surface area contributed by atoms with Crippen molar-refractivity contribution in [2.24, 2.45) is 0 Å². The summed E-state index contributed by atoms with van der Waals surface area (Å²) in [6.45, 7) is 3.14. The van der Waals surface area contributed by atoms with Gasteiger partial charge in [0, 0.05) is 38.8 Å². The number of nitrogen functional groups attached to an aromatic ring is 1. The van der Waals surface area contributed by atoms with Crippen molar-refractivity contribution in [3.05, 3.63) is 54.6 Å². The molecule has 0 radical (unpaired) electrons. The van der Waals surface area contributed by atoms with Gasteiger partial charge in [0.25, 0.3) is 0 Å². The zero-order valence-electron chi connectivity index (χ0n) is 13.8. The molecule has 2 aromatic carbocycles. The summed E-state index contributed by atoms with van der Waals surface area (Å²) < 4.78 is 2.36. The first-order chi connectivity index (χ1) is 11.7. The van der Waals surface area contributed by atoms with Crippen LogP contribution in [0.2, 0.25) is 0 Å². The van der Waals surface area contributed by atoms with Gasteiger partial charge in [-0.05, 0) is 43.5 Å². The van der Waals surface area contributed by atoms with Gasteiger partial charge in [-0.15, -0.1) is 11.8 Å². The fourth-order valence-corrected chi connectivity index (χ4v) is 3.81. The zero-order chi connectivity index (χ0) is 16.7. The highest BCUT2D eigenvalue weighted by molar-refractivity contribution is 7.98. The first-order valence-electron chi connectivity index (χ1n) is 8.04. The lowest BCUT2D eigenvalue weighted by atomic mass is 10.1. The minimum absolute atomic E-state index is 0.563. The molecule has 0 aliphatic carbocycles. The molecule has 0 aliphatic rings. The fourth-order valence-electron chi connectivity index (χ4n) is 3.35. The molecule has 24 heavy (non-hydrogen) atoms. The first-order valence-corrected chi connectivity index (χ1v) is 9.26. The van der Waals surface area contributed by atoms with Crippen LogP contribution in [0.4, 0.5) is 5.82 Å². The van der Waals surface area contributed by atoms with E-state index in [1.165, 1.54) is 21.8 Å². The lowest BCUT2D eigenvalue weighted by Crippen LogP contribution is -1.94. The Morgan fingerprint density at radius 3 is 2.58 bits per heavy atom. The molecule has 4 heteroatoms. The van der Waals surface area contributed by atoms with Crippen LogP contribution in [0.5, 0.6) is 0 Å². The summed E-state index contributed by atoms with van der Waals surface area (Å²) >= 11 is 1.68. The SMILES string of the molecule is CCn1c2ccccc2c2cc(-c3cc(SC)cc(N)n3)ccc21. The number of rotatable bonds is 3. The highest BCUT2D eigenvalue weighted by Crippen LogP contribution is 2.33. The van der Waals surface area contributed by atoms with Crippen molar-refractivity contribution in [2.75, 3.05) is 12.0 Å². The van der Waals surface area contributed by atoms with Gasteiger partial charge in [-0.2, -0.15) is 0 Å². The molecule has 0 bridgehead atoms. The van der Waals surface area contributed by atoms with Gasteiger partial charge in [-0.3, -0.25) is 0 Å². The van der Waals surface area contributed by atoms with Gasteiger partial charge in [0.15, 0.2) is 0 Å². The first kappa shape index (κ1) is 15.1. The summed E-state index contributed by atoms with van der Waals surface area (Å²) in [6.07, 6.45) is 2.05. The average molecular weight is 333 g/mol. The van der Waals surface area contributed by atoms with E-state index in [4.69, 9.17) is 5.73 Å². The summed E-state index contributed by atoms with van der Waals surface area (Å²) in [4.78, 5) is 5.66. The second-order valence-electron chi connectivity index (χ2n) is 5.81. The Balaban J connectivity index is 1.99. The molecule has 2 heterocycles. The summed E-state index contributed by atoms with van der Waals surface area (Å²) in [6, 6.07) is 19.1. The summed E-state index contributed by atoms with van der Waals surface area (Å²) in [7, 11) is 0. The van der Waals surface area contributed by atoms with Gasteiger partial charge >= 0.3 is 0 Å². The van der Waals surface area contributed by atoms with Crippen LogP contribution in [0.3, 0.4) is 0 Å². The molecular formula is C20H19N3S. The normalized spacial score (nSPS) is 11.4. The number of fused-ring (bicyclic) bond motifs is 3. The van der Waals surface area contributed by atoms with E-state index in [1.54, 1.807) is 11.8 Å². The maximum atomic E-state index is 5.97. The number of pyridine rings is 1. The van der Waals surface area contributed by atoms with E-state index >= 15 is 0 Å². The second kappa shape index (κ2) is 5.87. The Bertz CT molecular complexity index is 1050. The van der Waals surface area contributed by atoms with Crippen molar-refractivity contribution in [1.82, 2.24) is 9.55 Å². The molecule has 0 unspecified atom stereocenters. The molecule has 0 amide bonds. The van der Waals surface area contributed by atoms with E-state index < -0.39 is 0 Å². The van der Waals surface area contributed by atoms with Crippen molar-refractivity contribution in [2.45, 2.75) is 18.4 Å². The predicted octanol–water partition coefficient (Wildman–Crippen LogP) is 5.18. The average Bonchev–Trinajstić information content (AvgIpc) is 2.94. The number of hydrogen-bond donors (Lipinski definition) is 1. The quantitative estimate of drug-likeness (QED) is 0.525. The van der Waals surface area contributed by atoms with Crippen molar-refractivity contribution < 1.29 is 0 Å². The van der Waals surface area contributed by atoms with Crippen molar-refractivity contribution >= 4 is 39.4 Å². The van der Waals surface area contributed by atoms with Gasteiger partial charge in [-0.25, -0.2) is 4.98 Å². The molecule has 2 N–H and O–H groups in total. The van der Waals surface area contributed by atoms with Gasteiger partial charge in [0.2, 0.25) is 0 Å². The Morgan fingerprint density at radius 2 is 1.79 bits per heavy atom. The van der Waals surface area contributed by atoms with Gasteiger partial charge < -0.3 is 10.3 Å². The van der Waals surface area contributed by atoms with Crippen LogP contribution in [-0.2, 0) is 6.54 Å². The smallest absolute Gasteiger partial charge is 0.125 e. The second-order valence-corrected chi connectivity index (χ2v) is 6.69. The summed E-state index contributed by atoms with van der Waals surface area (Å²) in [5.41, 5.74) is 10.5. The Hall–Kier alpha value is -2.46. The van der Waals surface area contributed by atoms with Crippen LogP contribution in [0.1, 0.15) is 6.92 Å². The highest BCUT2D eigenvalue weighted by atomic mass is 32.2. The van der Waals surface area contributed by atoms with E-state index in [2.05, 4.69) is 71.3 Å². The third kappa shape index (κ3) is 2.34. The van der Waals surface area contributed by atoms with Crippen LogP contribution in [0, 0.1) is 0 Å². The van der Waals surface area contributed by atoms with Crippen LogP contribution < -0.4 is 5.73 Å². The lowest BCUT2D eigenvalue weighted by molar-refractivity contribution is 0.827. The van der Waals surface area contributed by atoms with Crippen LogP contribution >= 0.6 is 11.8 Å². The number of benzene rings is 2. The number of nitrogens with two attached hydrogens (primary N) is 1. The molecule has 0 aliphatic heterocycles. The molecule has 3 nitrogen and oxygen atoms in total. The van der Waals surface area contributed by atoms with E-state index in [9.17, 15) is 0 Å². The number of aromatic nitrogens is 2. The largest absolute Gasteiger partial charge is 0.384 e. The number of nitrogens with zero attached hydrogens (tertiary/aromatic N) is 2. The molecule has 2 aromatic heterocycles. The Morgan fingerprint density at radius 1 is 1.00 bits per heavy atom. The van der Waals surface area contributed by atoms with Crippen LogP contribution in [0.25, 0.3) is 33.1 Å². The molecule has 4 aromatic rings. The van der Waals surface area contributed by atoms with Crippen LogP contribution in [0.15, 0.2) is 59.5 Å². The van der Waals surface area contributed by atoms with E-state index in [0.29, 0.717) is 5.82 Å². The lowest BCUT2D eigenvalue weighted by Gasteiger charge is -2.07. The highest BCUT2D eigenvalue weighted by Gasteiger charge is 2.11. The van der Waals surface area contributed by atoms with Crippen LogP contribution in [-0.4, -0.2) is 15.8 Å². The fraction of sp³-hybridized carbons (Fsp3) is 0.150. The minimum atomic E-state index is 0.563. The molecule has 0 saturated heterocycles. The topological polar surface area (TPSA) is 43.8 Å². The third-order valence-corrected chi connectivity index (χ3v) is 5.15. The Kier molecular flexibility index (Phi) is 3.69. The standard InChI is InChI=1S/C20H19N3S/c1-3-23-18-7-5-4-6-15(18)16-10-13(8-9-19(16)23)17-11-14(24-2)12-20(21)22-17/h4-12H,3H2,1-2H3,(H2,21,22). The van der Waals surface area contributed by atoms with E-state index in [0.717, 1.165) is 22.7 Å². The summed E-state index contributed by atoms with van der Waals surface area (Å²) in [5, 5.41) is 2.55. The predicted molar refractivity (Wildman–Crippen MR) is 105 cm³/mol. The maximum absolute atomic E-state index is 5.97. The molecular weight excluding hydrogens is 314 g/mol. The molecule has 0 atom stereocenters. The van der Waals surface area contributed by atoms with Gasteiger partial charge in [0.1, 0.15) is 5.82 Å². The number of aryl methyl sites for hydroxylation is 1. The van der Waals surface area contributed by atoms with E-state index in [-0.39, 0.29) is 0 Å². The molecule has 4 rings (SSSR count). The van der Waals surface area contributed by atoms with Crippen molar-refractivity contribution in [3.8, 4) is 11.3 Å². The van der Waals surface area contributed by atoms with Gasteiger partial charge in [-0.1, -0.05) is 24.3 Å².